The zero-order valence-electron chi connectivity index (χ0n) is 12.2. The fraction of sp³-hybridized carbons (Fsp3) is 0.375. The molecule has 1 fully saturated rings. The number of carbonyl (C=O) groups is 1. The number of carbonyl (C=O) groups excluding carboxylic acids is 1. The largest absolute Gasteiger partial charge is 0.399 e. The van der Waals surface area contributed by atoms with Gasteiger partial charge in [-0.05, 0) is 43.0 Å². The van der Waals surface area contributed by atoms with Crippen molar-refractivity contribution in [1.29, 1.82) is 0 Å². The zero-order valence-corrected chi connectivity index (χ0v) is 12.2. The van der Waals surface area contributed by atoms with Gasteiger partial charge in [0.1, 0.15) is 0 Å². The molecule has 0 aliphatic heterocycles. The Bertz CT molecular complexity index is 645. The van der Waals surface area contributed by atoms with Gasteiger partial charge in [0.2, 0.25) is 0 Å². The monoisotopic (exact) mass is 284 g/mol. The van der Waals surface area contributed by atoms with E-state index in [1.807, 2.05) is 31.3 Å². The molecule has 0 atom stereocenters. The van der Waals surface area contributed by atoms with Crippen LogP contribution in [0.3, 0.4) is 0 Å². The second-order valence-electron chi connectivity index (χ2n) is 5.72. The van der Waals surface area contributed by atoms with Crippen LogP contribution >= 0.6 is 0 Å². The number of amides is 1. The molecule has 2 N–H and O–H groups in total. The highest BCUT2D eigenvalue weighted by atomic mass is 16.2. The number of aromatic nitrogens is 2. The van der Waals surface area contributed by atoms with E-state index in [0.29, 0.717) is 17.3 Å². The quantitative estimate of drug-likeness (QED) is 0.876. The lowest BCUT2D eigenvalue weighted by Crippen LogP contribution is -2.34. The third kappa shape index (κ3) is 2.91. The molecule has 0 unspecified atom stereocenters. The highest BCUT2D eigenvalue weighted by molar-refractivity contribution is 5.92. The second-order valence-corrected chi connectivity index (χ2v) is 5.72. The summed E-state index contributed by atoms with van der Waals surface area (Å²) in [4.78, 5) is 14.1. The van der Waals surface area contributed by atoms with Gasteiger partial charge < -0.3 is 10.6 Å². The number of nitrogens with two attached hydrogens (primary N) is 1. The van der Waals surface area contributed by atoms with E-state index >= 15 is 0 Å². The first-order valence-electron chi connectivity index (χ1n) is 7.30. The zero-order chi connectivity index (χ0) is 14.8. The van der Waals surface area contributed by atoms with E-state index < -0.39 is 0 Å². The third-order valence-corrected chi connectivity index (χ3v) is 4.05. The Morgan fingerprint density at radius 3 is 2.90 bits per heavy atom. The molecule has 1 aliphatic rings. The van der Waals surface area contributed by atoms with Crippen LogP contribution in [0, 0.1) is 5.92 Å². The minimum atomic E-state index is -0.0236. The molecule has 1 aromatic heterocycles. The number of benzene rings is 1. The molecular weight excluding hydrogens is 264 g/mol. The number of hydrogen-bond acceptors (Lipinski definition) is 3. The molecule has 0 saturated heterocycles. The smallest absolute Gasteiger partial charge is 0.274 e. The summed E-state index contributed by atoms with van der Waals surface area (Å²) in [6.45, 7) is 0.823. The Hall–Kier alpha value is -2.30. The highest BCUT2D eigenvalue weighted by Crippen LogP contribution is 2.27. The van der Waals surface area contributed by atoms with Crippen molar-refractivity contribution in [3.8, 4) is 5.69 Å². The van der Waals surface area contributed by atoms with E-state index in [4.69, 9.17) is 5.73 Å². The van der Waals surface area contributed by atoms with Crippen molar-refractivity contribution in [2.75, 3.05) is 19.3 Å². The maximum Gasteiger partial charge on any atom is 0.274 e. The van der Waals surface area contributed by atoms with Crippen molar-refractivity contribution < 1.29 is 4.79 Å². The summed E-state index contributed by atoms with van der Waals surface area (Å²) in [6, 6.07) is 9.19. The van der Waals surface area contributed by atoms with Crippen LogP contribution in [0.25, 0.3) is 5.69 Å². The van der Waals surface area contributed by atoms with E-state index in [9.17, 15) is 4.79 Å². The van der Waals surface area contributed by atoms with Crippen LogP contribution in [0.5, 0.6) is 0 Å². The average Bonchev–Trinajstić information content (AvgIpc) is 2.91. The first-order chi connectivity index (χ1) is 10.1. The molecule has 5 nitrogen and oxygen atoms in total. The van der Waals surface area contributed by atoms with Crippen molar-refractivity contribution in [1.82, 2.24) is 14.7 Å². The maximum absolute atomic E-state index is 12.4. The van der Waals surface area contributed by atoms with E-state index in [2.05, 4.69) is 5.10 Å². The minimum absolute atomic E-state index is 0.0236. The fourth-order valence-electron chi connectivity index (χ4n) is 2.59. The van der Waals surface area contributed by atoms with Crippen LogP contribution in [-0.4, -0.2) is 34.2 Å². The standard InChI is InChI=1S/C16H20N4O/c1-19(11-12-4-2-5-12)16(21)15-8-9-20(18-15)14-7-3-6-13(17)10-14/h3,6-10,12H,2,4-5,11,17H2,1H3. The van der Waals surface area contributed by atoms with E-state index in [-0.39, 0.29) is 5.91 Å². The molecule has 1 saturated carbocycles. The lowest BCUT2D eigenvalue weighted by atomic mass is 9.85. The summed E-state index contributed by atoms with van der Waals surface area (Å²) in [6.07, 6.45) is 5.54. The predicted molar refractivity (Wildman–Crippen MR) is 82.3 cm³/mol. The number of nitrogen functional groups attached to an aromatic ring is 1. The van der Waals surface area contributed by atoms with Gasteiger partial charge in [-0.25, -0.2) is 4.68 Å². The van der Waals surface area contributed by atoms with Crippen LogP contribution in [-0.2, 0) is 0 Å². The van der Waals surface area contributed by atoms with Crippen LogP contribution in [0.4, 0.5) is 5.69 Å². The molecule has 0 bridgehead atoms. The van der Waals surface area contributed by atoms with Crippen molar-refractivity contribution in [3.63, 3.8) is 0 Å². The van der Waals surface area contributed by atoms with Gasteiger partial charge >= 0.3 is 0 Å². The van der Waals surface area contributed by atoms with Crippen molar-refractivity contribution in [2.45, 2.75) is 19.3 Å². The van der Waals surface area contributed by atoms with Crippen LogP contribution in [0.1, 0.15) is 29.8 Å². The third-order valence-electron chi connectivity index (χ3n) is 4.05. The molecule has 0 spiro atoms. The minimum Gasteiger partial charge on any atom is -0.399 e. The fourth-order valence-corrected chi connectivity index (χ4v) is 2.59. The van der Waals surface area contributed by atoms with Gasteiger partial charge in [-0.1, -0.05) is 12.5 Å². The molecule has 2 aromatic rings. The SMILES string of the molecule is CN(CC1CCC1)C(=O)c1ccn(-c2cccc(N)c2)n1. The van der Waals surface area contributed by atoms with Gasteiger partial charge in [0.25, 0.3) is 5.91 Å². The first-order valence-corrected chi connectivity index (χ1v) is 7.30. The predicted octanol–water partition coefficient (Wildman–Crippen LogP) is 2.33. The summed E-state index contributed by atoms with van der Waals surface area (Å²) in [7, 11) is 1.85. The lowest BCUT2D eigenvalue weighted by Gasteiger charge is -2.29. The van der Waals surface area contributed by atoms with Gasteiger partial charge in [-0.3, -0.25) is 4.79 Å². The molecule has 1 heterocycles. The van der Waals surface area contributed by atoms with Crippen LogP contribution in [0.2, 0.25) is 0 Å². The topological polar surface area (TPSA) is 64.2 Å². The van der Waals surface area contributed by atoms with Crippen molar-refractivity contribution in [3.05, 3.63) is 42.2 Å². The molecule has 1 amide bonds. The molecule has 1 aliphatic carbocycles. The Labute approximate surface area is 124 Å². The highest BCUT2D eigenvalue weighted by Gasteiger charge is 2.23. The number of nitrogens with zero attached hydrogens (tertiary/aromatic N) is 3. The normalized spacial score (nSPS) is 14.7. The first kappa shape index (κ1) is 13.7. The number of hydrogen-bond donors (Lipinski definition) is 1. The molecule has 5 heteroatoms. The van der Waals surface area contributed by atoms with Gasteiger partial charge in [0, 0.05) is 25.5 Å². The number of rotatable bonds is 4. The Morgan fingerprint density at radius 1 is 1.43 bits per heavy atom. The van der Waals surface area contributed by atoms with Gasteiger partial charge in [-0.15, -0.1) is 0 Å². The molecule has 21 heavy (non-hydrogen) atoms. The summed E-state index contributed by atoms with van der Waals surface area (Å²) < 4.78 is 1.68. The van der Waals surface area contributed by atoms with Crippen molar-refractivity contribution in [2.24, 2.45) is 5.92 Å². The van der Waals surface area contributed by atoms with E-state index in [0.717, 1.165) is 12.2 Å². The van der Waals surface area contributed by atoms with Crippen LogP contribution in [0.15, 0.2) is 36.5 Å². The van der Waals surface area contributed by atoms with E-state index in [1.54, 1.807) is 21.8 Å². The lowest BCUT2D eigenvalue weighted by molar-refractivity contribution is 0.0739. The number of anilines is 1. The molecule has 3 rings (SSSR count). The van der Waals surface area contributed by atoms with Crippen LogP contribution < -0.4 is 5.73 Å². The summed E-state index contributed by atoms with van der Waals surface area (Å²) >= 11 is 0. The Morgan fingerprint density at radius 2 is 2.24 bits per heavy atom. The molecular formula is C16H20N4O. The van der Waals surface area contributed by atoms with Gasteiger partial charge in [0.15, 0.2) is 5.69 Å². The summed E-state index contributed by atoms with van der Waals surface area (Å²) in [5.41, 5.74) is 7.78. The average molecular weight is 284 g/mol. The summed E-state index contributed by atoms with van der Waals surface area (Å²) in [5.74, 6) is 0.638. The van der Waals surface area contributed by atoms with E-state index in [1.165, 1.54) is 19.3 Å². The maximum atomic E-state index is 12.4. The Kier molecular flexibility index (Phi) is 3.64. The van der Waals surface area contributed by atoms with Crippen molar-refractivity contribution >= 4 is 11.6 Å². The van der Waals surface area contributed by atoms with Gasteiger partial charge in [-0.2, -0.15) is 5.10 Å². The second kappa shape index (κ2) is 5.60. The Balaban J connectivity index is 1.73. The molecule has 110 valence electrons. The molecule has 1 aromatic carbocycles. The summed E-state index contributed by atoms with van der Waals surface area (Å²) in [5, 5.41) is 4.36. The van der Waals surface area contributed by atoms with Gasteiger partial charge in [0.05, 0.1) is 5.69 Å². The molecule has 0 radical (unpaired) electrons.